The summed E-state index contributed by atoms with van der Waals surface area (Å²) in [6.45, 7) is 3.12. The lowest BCUT2D eigenvalue weighted by molar-refractivity contribution is 0.0945. The van der Waals surface area contributed by atoms with Crippen LogP contribution in [0.5, 0.6) is 0 Å². The van der Waals surface area contributed by atoms with Gasteiger partial charge in [0, 0.05) is 25.5 Å². The van der Waals surface area contributed by atoms with E-state index in [2.05, 4.69) is 56.8 Å². The van der Waals surface area contributed by atoms with Crippen LogP contribution >= 0.6 is 0 Å². The first-order valence-electron chi connectivity index (χ1n) is 7.99. The molecule has 1 amide bonds. The van der Waals surface area contributed by atoms with Gasteiger partial charge in [-0.25, -0.2) is 9.97 Å². The van der Waals surface area contributed by atoms with Gasteiger partial charge < -0.3 is 10.6 Å². The number of pyridine rings is 1. The number of aryl methyl sites for hydroxylation is 1. The van der Waals surface area contributed by atoms with Crippen molar-refractivity contribution in [2.75, 3.05) is 5.32 Å². The van der Waals surface area contributed by atoms with E-state index >= 15 is 0 Å². The Morgan fingerprint density at radius 1 is 0.960 bits per heavy atom. The second kappa shape index (κ2) is 8.01. The van der Waals surface area contributed by atoms with Crippen LogP contribution in [-0.2, 0) is 13.1 Å². The van der Waals surface area contributed by atoms with Crippen LogP contribution in [0.15, 0.2) is 61.2 Å². The molecule has 3 rings (SSSR count). The summed E-state index contributed by atoms with van der Waals surface area (Å²) in [5, 5.41) is 5.99. The summed E-state index contributed by atoms with van der Waals surface area (Å²) in [7, 11) is 0. The third kappa shape index (κ3) is 4.84. The first-order chi connectivity index (χ1) is 12.2. The van der Waals surface area contributed by atoms with Gasteiger partial charge in [0.1, 0.15) is 11.5 Å². The minimum atomic E-state index is -0.263. The minimum absolute atomic E-state index is 0.263. The smallest absolute Gasteiger partial charge is 0.271 e. The molecule has 0 radical (unpaired) electrons. The molecule has 0 bridgehead atoms. The molecule has 0 fully saturated rings. The van der Waals surface area contributed by atoms with E-state index in [-0.39, 0.29) is 11.6 Å². The first kappa shape index (κ1) is 16.6. The monoisotopic (exact) mass is 333 g/mol. The fraction of sp³-hybridized carbons (Fsp3) is 0.158. The lowest BCUT2D eigenvalue weighted by Gasteiger charge is -2.07. The van der Waals surface area contributed by atoms with Crippen LogP contribution in [0, 0.1) is 6.92 Å². The van der Waals surface area contributed by atoms with Gasteiger partial charge in [0.2, 0.25) is 0 Å². The van der Waals surface area contributed by atoms with E-state index in [1.165, 1.54) is 11.8 Å². The molecule has 2 N–H and O–H groups in total. The largest absolute Gasteiger partial charge is 0.365 e. The maximum absolute atomic E-state index is 12.1. The molecule has 2 aromatic heterocycles. The van der Waals surface area contributed by atoms with Crippen LogP contribution in [0.4, 0.5) is 5.82 Å². The van der Waals surface area contributed by atoms with Crippen molar-refractivity contribution in [1.82, 2.24) is 20.3 Å². The Morgan fingerprint density at radius 2 is 1.80 bits per heavy atom. The molecule has 0 aliphatic rings. The summed E-state index contributed by atoms with van der Waals surface area (Å²) < 4.78 is 0. The molecule has 2 heterocycles. The quantitative estimate of drug-likeness (QED) is 0.725. The number of nitrogens with one attached hydrogen (secondary N) is 2. The molecule has 6 nitrogen and oxygen atoms in total. The number of hydrogen-bond donors (Lipinski definition) is 2. The van der Waals surface area contributed by atoms with E-state index in [1.54, 1.807) is 18.6 Å². The van der Waals surface area contributed by atoms with Gasteiger partial charge in [-0.15, -0.1) is 0 Å². The zero-order valence-electron chi connectivity index (χ0n) is 13.9. The summed E-state index contributed by atoms with van der Waals surface area (Å²) in [5.41, 5.74) is 3.60. The van der Waals surface area contributed by atoms with Crippen molar-refractivity contribution in [1.29, 1.82) is 0 Å². The van der Waals surface area contributed by atoms with Crippen LogP contribution in [0.25, 0.3) is 0 Å². The summed E-state index contributed by atoms with van der Waals surface area (Å²) in [4.78, 5) is 24.5. The van der Waals surface area contributed by atoms with Crippen LogP contribution in [0.1, 0.15) is 27.2 Å². The number of hydrogen-bond acceptors (Lipinski definition) is 5. The second-order valence-electron chi connectivity index (χ2n) is 5.67. The Hall–Kier alpha value is -3.28. The number of aromatic nitrogens is 3. The van der Waals surface area contributed by atoms with Crippen molar-refractivity contribution in [3.63, 3.8) is 0 Å². The molecule has 0 aliphatic heterocycles. The summed E-state index contributed by atoms with van der Waals surface area (Å²) in [5.74, 6) is 0.367. The number of benzene rings is 1. The van der Waals surface area contributed by atoms with Crippen molar-refractivity contribution in [3.05, 3.63) is 83.6 Å². The summed E-state index contributed by atoms with van der Waals surface area (Å²) in [6, 6.07) is 12.0. The van der Waals surface area contributed by atoms with Crippen molar-refractivity contribution in [2.45, 2.75) is 20.0 Å². The van der Waals surface area contributed by atoms with Gasteiger partial charge in [-0.05, 0) is 24.1 Å². The van der Waals surface area contributed by atoms with Gasteiger partial charge in [-0.1, -0.05) is 35.9 Å². The van der Waals surface area contributed by atoms with E-state index in [4.69, 9.17) is 0 Å². The molecular formula is C19H19N5O. The number of rotatable bonds is 6. The van der Waals surface area contributed by atoms with Crippen LogP contribution in [0.2, 0.25) is 0 Å². The molecule has 0 atom stereocenters. The number of carbonyl (C=O) groups is 1. The van der Waals surface area contributed by atoms with E-state index in [9.17, 15) is 4.79 Å². The Morgan fingerprint density at radius 3 is 2.48 bits per heavy atom. The molecule has 126 valence electrons. The highest BCUT2D eigenvalue weighted by atomic mass is 16.1. The highest BCUT2D eigenvalue weighted by molar-refractivity contribution is 5.91. The topological polar surface area (TPSA) is 79.8 Å². The van der Waals surface area contributed by atoms with E-state index in [1.807, 2.05) is 12.1 Å². The molecule has 1 aromatic carbocycles. The van der Waals surface area contributed by atoms with Crippen molar-refractivity contribution >= 4 is 11.7 Å². The van der Waals surface area contributed by atoms with Gasteiger partial charge in [0.25, 0.3) is 5.91 Å². The van der Waals surface area contributed by atoms with E-state index < -0.39 is 0 Å². The van der Waals surface area contributed by atoms with E-state index in [0.717, 1.165) is 11.1 Å². The Labute approximate surface area is 146 Å². The van der Waals surface area contributed by atoms with Gasteiger partial charge in [-0.3, -0.25) is 9.78 Å². The first-order valence-corrected chi connectivity index (χ1v) is 7.99. The van der Waals surface area contributed by atoms with Gasteiger partial charge in [0.05, 0.1) is 12.4 Å². The summed E-state index contributed by atoms with van der Waals surface area (Å²) in [6.07, 6.45) is 6.44. The van der Waals surface area contributed by atoms with Gasteiger partial charge in [0.15, 0.2) is 0 Å². The highest BCUT2D eigenvalue weighted by Crippen LogP contribution is 2.07. The lowest BCUT2D eigenvalue weighted by Crippen LogP contribution is -2.24. The van der Waals surface area contributed by atoms with Crippen LogP contribution in [0.3, 0.4) is 0 Å². The minimum Gasteiger partial charge on any atom is -0.365 e. The molecule has 0 saturated heterocycles. The fourth-order valence-electron chi connectivity index (χ4n) is 2.21. The Balaban J connectivity index is 1.52. The number of amides is 1. The number of anilines is 1. The predicted molar refractivity (Wildman–Crippen MR) is 95.9 cm³/mol. The Kier molecular flexibility index (Phi) is 5.31. The zero-order valence-corrected chi connectivity index (χ0v) is 13.9. The molecule has 3 aromatic rings. The van der Waals surface area contributed by atoms with Crippen molar-refractivity contribution < 1.29 is 4.79 Å². The normalized spacial score (nSPS) is 10.3. The second-order valence-corrected chi connectivity index (χ2v) is 5.67. The molecule has 0 spiro atoms. The molecular weight excluding hydrogens is 314 g/mol. The highest BCUT2D eigenvalue weighted by Gasteiger charge is 2.07. The Bertz CT molecular complexity index is 817. The maximum atomic E-state index is 12.1. The maximum Gasteiger partial charge on any atom is 0.271 e. The van der Waals surface area contributed by atoms with E-state index in [0.29, 0.717) is 18.9 Å². The van der Waals surface area contributed by atoms with Gasteiger partial charge in [-0.2, -0.15) is 0 Å². The van der Waals surface area contributed by atoms with Crippen molar-refractivity contribution in [2.24, 2.45) is 0 Å². The average Bonchev–Trinajstić information content (AvgIpc) is 2.67. The van der Waals surface area contributed by atoms with Gasteiger partial charge >= 0.3 is 0 Å². The number of carbonyl (C=O) groups excluding carboxylic acids is 1. The number of nitrogens with zero attached hydrogens (tertiary/aromatic N) is 3. The third-order valence-corrected chi connectivity index (χ3v) is 3.65. The SMILES string of the molecule is Cc1ccc(CNc2cnc(C(=O)NCc3cccnc3)cn2)cc1. The summed E-state index contributed by atoms with van der Waals surface area (Å²) >= 11 is 0. The molecule has 0 unspecified atom stereocenters. The third-order valence-electron chi connectivity index (χ3n) is 3.65. The van der Waals surface area contributed by atoms with Crippen LogP contribution < -0.4 is 10.6 Å². The molecule has 0 aliphatic carbocycles. The van der Waals surface area contributed by atoms with Crippen molar-refractivity contribution in [3.8, 4) is 0 Å². The fourth-order valence-corrected chi connectivity index (χ4v) is 2.21. The average molecular weight is 333 g/mol. The molecule has 6 heteroatoms. The molecule has 25 heavy (non-hydrogen) atoms. The predicted octanol–water partition coefficient (Wildman–Crippen LogP) is 2.72. The zero-order chi connectivity index (χ0) is 17.5. The lowest BCUT2D eigenvalue weighted by atomic mass is 10.1. The van der Waals surface area contributed by atoms with Crippen LogP contribution in [-0.4, -0.2) is 20.9 Å². The molecule has 0 saturated carbocycles. The standard InChI is InChI=1S/C19H19N5O/c1-14-4-6-15(7-5-14)10-22-18-13-21-17(12-23-18)19(25)24-11-16-3-2-8-20-9-16/h2-9,12-13H,10-11H2,1H3,(H,22,23)(H,24,25).